The standard InChI is InChI=1S/C4H10NO4P.Mg.2H/c6-10(7)9-5-1-3-8-4-2-5;;;/h10H,1-4H2,(H,6,7);;;. The Kier molecular flexibility index (Phi) is 6.85. The molecule has 7 heteroatoms. The number of hydrogen-bond donors (Lipinski definition) is 1. The highest BCUT2D eigenvalue weighted by Crippen LogP contribution is 2.17. The van der Waals surface area contributed by atoms with E-state index in [2.05, 4.69) is 4.62 Å². The first-order chi connectivity index (χ1) is 4.79. The van der Waals surface area contributed by atoms with Crippen molar-refractivity contribution in [2.45, 2.75) is 0 Å². The van der Waals surface area contributed by atoms with Crippen molar-refractivity contribution in [2.24, 2.45) is 0 Å². The van der Waals surface area contributed by atoms with Gasteiger partial charge in [0.15, 0.2) is 0 Å². The molecule has 0 bridgehead atoms. The fourth-order valence-corrected chi connectivity index (χ4v) is 1.15. The van der Waals surface area contributed by atoms with Crippen LogP contribution in [0, 0.1) is 0 Å². The Balaban J connectivity index is 0.000001000. The van der Waals surface area contributed by atoms with Crippen LogP contribution in [-0.2, 0) is 13.9 Å². The van der Waals surface area contributed by atoms with E-state index in [9.17, 15) is 4.57 Å². The molecule has 1 aliphatic rings. The lowest BCUT2D eigenvalue weighted by Gasteiger charge is -2.23. The van der Waals surface area contributed by atoms with Crippen LogP contribution in [-0.4, -0.2) is 59.3 Å². The average molecular weight is 193 g/mol. The SMILES string of the molecule is O=[PH](O)ON1CCOCC1.[MgH2]. The summed E-state index contributed by atoms with van der Waals surface area (Å²) in [6.45, 7) is 2.26. The largest absolute Gasteiger partial charge is 0.379 e. The third kappa shape index (κ3) is 5.13. The third-order valence-electron chi connectivity index (χ3n) is 1.18. The van der Waals surface area contributed by atoms with Crippen LogP contribution in [0.2, 0.25) is 0 Å². The highest BCUT2D eigenvalue weighted by atomic mass is 31.1. The fourth-order valence-electron chi connectivity index (χ4n) is 0.748. The summed E-state index contributed by atoms with van der Waals surface area (Å²) in [6, 6.07) is 0. The average Bonchev–Trinajstić information content (AvgIpc) is 1.88. The van der Waals surface area contributed by atoms with E-state index >= 15 is 0 Å². The van der Waals surface area contributed by atoms with E-state index in [-0.39, 0.29) is 23.1 Å². The third-order valence-corrected chi connectivity index (χ3v) is 1.59. The molecule has 1 N–H and O–H groups in total. The van der Waals surface area contributed by atoms with E-state index in [1.165, 1.54) is 5.06 Å². The molecule has 1 saturated heterocycles. The fraction of sp³-hybridized carbons (Fsp3) is 1.00. The Hall–Kier alpha value is 0.836. The van der Waals surface area contributed by atoms with Crippen molar-refractivity contribution >= 4 is 31.3 Å². The first-order valence-electron chi connectivity index (χ1n) is 3.02. The molecule has 1 atom stereocenters. The maximum Gasteiger partial charge on any atom is 0.333 e. The van der Waals surface area contributed by atoms with Gasteiger partial charge >= 0.3 is 31.3 Å². The van der Waals surface area contributed by atoms with Crippen LogP contribution in [0.1, 0.15) is 0 Å². The Morgan fingerprint density at radius 3 is 2.45 bits per heavy atom. The normalized spacial score (nSPS) is 22.3. The lowest BCUT2D eigenvalue weighted by molar-refractivity contribution is -0.119. The molecule has 1 fully saturated rings. The van der Waals surface area contributed by atoms with E-state index < -0.39 is 8.25 Å². The van der Waals surface area contributed by atoms with Crippen LogP contribution < -0.4 is 0 Å². The maximum absolute atomic E-state index is 10.1. The van der Waals surface area contributed by atoms with Crippen molar-refractivity contribution in [1.82, 2.24) is 5.06 Å². The molecular weight excluding hydrogens is 181 g/mol. The molecule has 0 saturated carbocycles. The second-order valence-corrected chi connectivity index (χ2v) is 2.61. The second-order valence-electron chi connectivity index (χ2n) is 1.90. The molecule has 1 rings (SSSR count). The summed E-state index contributed by atoms with van der Waals surface area (Å²) in [5.74, 6) is 0. The van der Waals surface area contributed by atoms with E-state index in [1.54, 1.807) is 0 Å². The van der Waals surface area contributed by atoms with Gasteiger partial charge in [-0.3, -0.25) is 4.57 Å². The van der Waals surface area contributed by atoms with Gasteiger partial charge in [-0.25, -0.2) is 4.62 Å². The highest BCUT2D eigenvalue weighted by molar-refractivity contribution is 7.32. The Morgan fingerprint density at radius 2 is 2.00 bits per heavy atom. The number of morpholine rings is 1. The predicted molar refractivity (Wildman–Crippen MR) is 43.2 cm³/mol. The summed E-state index contributed by atoms with van der Waals surface area (Å²) in [7, 11) is -2.81. The number of ether oxygens (including phenoxy) is 1. The first kappa shape index (κ1) is 11.8. The van der Waals surface area contributed by atoms with E-state index in [0.717, 1.165) is 0 Å². The summed E-state index contributed by atoms with van der Waals surface area (Å²) < 4.78 is 19.7. The van der Waals surface area contributed by atoms with Crippen LogP contribution in [0.4, 0.5) is 0 Å². The first-order valence-corrected chi connectivity index (χ1v) is 4.29. The van der Waals surface area contributed by atoms with Gasteiger partial charge in [-0.1, -0.05) is 0 Å². The molecule has 0 aromatic heterocycles. The number of hydrogen-bond acceptors (Lipinski definition) is 4. The van der Waals surface area contributed by atoms with E-state index in [1.807, 2.05) is 0 Å². The van der Waals surface area contributed by atoms with Gasteiger partial charge in [0.25, 0.3) is 0 Å². The molecule has 0 amide bonds. The molecule has 0 aromatic carbocycles. The van der Waals surface area contributed by atoms with Gasteiger partial charge in [0, 0.05) is 13.1 Å². The summed E-state index contributed by atoms with van der Waals surface area (Å²) in [5.41, 5.74) is 0. The molecule has 11 heavy (non-hydrogen) atoms. The maximum atomic E-state index is 10.1. The summed E-state index contributed by atoms with van der Waals surface area (Å²) >= 11 is 0. The monoisotopic (exact) mass is 193 g/mol. The molecule has 1 heterocycles. The summed E-state index contributed by atoms with van der Waals surface area (Å²) in [5, 5.41) is 1.45. The predicted octanol–water partition coefficient (Wildman–Crippen LogP) is -1.28. The van der Waals surface area contributed by atoms with Gasteiger partial charge in [0.2, 0.25) is 0 Å². The minimum Gasteiger partial charge on any atom is -0.379 e. The van der Waals surface area contributed by atoms with Crippen molar-refractivity contribution in [2.75, 3.05) is 26.3 Å². The Morgan fingerprint density at radius 1 is 1.45 bits per heavy atom. The van der Waals surface area contributed by atoms with E-state index in [0.29, 0.717) is 26.3 Å². The zero-order valence-corrected chi connectivity index (χ0v) is 6.45. The molecule has 64 valence electrons. The lowest BCUT2D eigenvalue weighted by atomic mass is 10.5. The second kappa shape index (κ2) is 6.36. The van der Waals surface area contributed by atoms with Gasteiger partial charge in [-0.05, 0) is 0 Å². The molecular formula is C4H12MgNO4P. The molecule has 1 unspecified atom stereocenters. The highest BCUT2D eigenvalue weighted by Gasteiger charge is 2.11. The van der Waals surface area contributed by atoms with Gasteiger partial charge in [-0.15, -0.1) is 0 Å². The van der Waals surface area contributed by atoms with Gasteiger partial charge < -0.3 is 9.63 Å². The number of nitrogens with zero attached hydrogens (tertiary/aromatic N) is 1. The van der Waals surface area contributed by atoms with Crippen molar-refractivity contribution in [3.8, 4) is 0 Å². The minimum atomic E-state index is -2.81. The van der Waals surface area contributed by atoms with Gasteiger partial charge in [-0.2, -0.15) is 5.06 Å². The van der Waals surface area contributed by atoms with Crippen LogP contribution in [0.15, 0.2) is 0 Å². The van der Waals surface area contributed by atoms with Crippen molar-refractivity contribution < 1.29 is 18.8 Å². The van der Waals surface area contributed by atoms with Crippen LogP contribution >= 0.6 is 8.25 Å². The van der Waals surface area contributed by atoms with Crippen LogP contribution in [0.3, 0.4) is 0 Å². The lowest BCUT2D eigenvalue weighted by Crippen LogP contribution is -2.34. The molecule has 1 aliphatic heterocycles. The number of rotatable bonds is 2. The molecule has 0 aromatic rings. The van der Waals surface area contributed by atoms with Crippen LogP contribution in [0.25, 0.3) is 0 Å². The van der Waals surface area contributed by atoms with Crippen molar-refractivity contribution in [1.29, 1.82) is 0 Å². The van der Waals surface area contributed by atoms with Gasteiger partial charge in [0.05, 0.1) is 13.2 Å². The van der Waals surface area contributed by atoms with Crippen molar-refractivity contribution in [3.05, 3.63) is 0 Å². The Bertz CT molecular complexity index is 129. The van der Waals surface area contributed by atoms with E-state index in [4.69, 9.17) is 9.63 Å². The summed E-state index contributed by atoms with van der Waals surface area (Å²) in [6.07, 6.45) is 0. The zero-order chi connectivity index (χ0) is 7.40. The smallest absolute Gasteiger partial charge is 0.333 e. The van der Waals surface area contributed by atoms with Crippen molar-refractivity contribution in [3.63, 3.8) is 0 Å². The minimum absolute atomic E-state index is 0. The topological polar surface area (TPSA) is 59.0 Å². The van der Waals surface area contributed by atoms with Crippen LogP contribution in [0.5, 0.6) is 0 Å². The molecule has 5 nitrogen and oxygen atoms in total. The zero-order valence-electron chi connectivity index (χ0n) is 5.45. The Labute approximate surface area is 81.7 Å². The number of hydroxylamine groups is 2. The quantitative estimate of drug-likeness (QED) is 0.437. The molecule has 0 aliphatic carbocycles. The van der Waals surface area contributed by atoms with Gasteiger partial charge in [0.1, 0.15) is 0 Å². The summed E-state index contributed by atoms with van der Waals surface area (Å²) in [4.78, 5) is 8.35. The molecule has 0 radical (unpaired) electrons. The molecule has 0 spiro atoms.